The minimum absolute atomic E-state index is 0.0355. The Morgan fingerprint density at radius 1 is 1.38 bits per heavy atom. The molecule has 0 aromatic carbocycles. The predicted molar refractivity (Wildman–Crippen MR) is 79.1 cm³/mol. The molecule has 2 unspecified atom stereocenters. The second-order valence-electron chi connectivity index (χ2n) is 5.28. The first-order valence-electron chi connectivity index (χ1n) is 7.43. The summed E-state index contributed by atoms with van der Waals surface area (Å²) in [4.78, 5) is 2.02. The summed E-state index contributed by atoms with van der Waals surface area (Å²) in [6.07, 6.45) is 1.28. The summed E-state index contributed by atoms with van der Waals surface area (Å²) in [6.45, 7) is 7.07. The zero-order chi connectivity index (χ0) is 15.4. The van der Waals surface area contributed by atoms with Gasteiger partial charge >= 0.3 is 0 Å². The Balaban J connectivity index is 2.45. The number of hydrogen-bond donors (Lipinski definition) is 1. The largest absolute Gasteiger partial charge is 0.394 e. The first kappa shape index (κ1) is 15.7. The van der Waals surface area contributed by atoms with Gasteiger partial charge in [0.25, 0.3) is 0 Å². The van der Waals surface area contributed by atoms with E-state index in [2.05, 4.69) is 16.3 Å². The molecule has 21 heavy (non-hydrogen) atoms. The van der Waals surface area contributed by atoms with Crippen molar-refractivity contribution < 1.29 is 9.84 Å². The Bertz CT molecular complexity index is 541. The highest BCUT2D eigenvalue weighted by molar-refractivity contribution is 5.59. The van der Waals surface area contributed by atoms with Gasteiger partial charge in [-0.15, -0.1) is 5.10 Å². The van der Waals surface area contributed by atoms with Crippen LogP contribution in [0.25, 0.3) is 0 Å². The van der Waals surface area contributed by atoms with Gasteiger partial charge in [-0.25, -0.2) is 0 Å². The lowest BCUT2D eigenvalue weighted by atomic mass is 10.0. The van der Waals surface area contributed by atoms with Gasteiger partial charge in [-0.2, -0.15) is 10.4 Å². The van der Waals surface area contributed by atoms with Gasteiger partial charge in [-0.05, 0) is 25.3 Å². The molecule has 2 atom stereocenters. The lowest BCUT2D eigenvalue weighted by Crippen LogP contribution is -2.50. The smallest absolute Gasteiger partial charge is 0.169 e. The highest BCUT2D eigenvalue weighted by atomic mass is 16.5. The predicted octanol–water partition coefficient (Wildman–Crippen LogP) is 1.06. The summed E-state index contributed by atoms with van der Waals surface area (Å²) < 4.78 is 5.54. The SMILES string of the molecule is CCc1nnc(N2CC(CO)OCC2C)c(C#N)c1CC. The van der Waals surface area contributed by atoms with Crippen LogP contribution >= 0.6 is 0 Å². The number of ether oxygens (including phenoxy) is 1. The van der Waals surface area contributed by atoms with E-state index in [1.165, 1.54) is 0 Å². The van der Waals surface area contributed by atoms with Gasteiger partial charge in [0.1, 0.15) is 11.6 Å². The van der Waals surface area contributed by atoms with E-state index < -0.39 is 0 Å². The van der Waals surface area contributed by atoms with Crippen molar-refractivity contribution in [3.05, 3.63) is 16.8 Å². The first-order valence-corrected chi connectivity index (χ1v) is 7.43. The average Bonchev–Trinajstić information content (AvgIpc) is 2.53. The molecule has 1 fully saturated rings. The molecule has 1 aliphatic rings. The maximum atomic E-state index is 9.57. The summed E-state index contributed by atoms with van der Waals surface area (Å²) in [5.41, 5.74) is 2.47. The van der Waals surface area contributed by atoms with Crippen LogP contribution in [-0.2, 0) is 17.6 Å². The highest BCUT2D eigenvalue weighted by Crippen LogP contribution is 2.27. The van der Waals surface area contributed by atoms with Crippen molar-refractivity contribution in [1.82, 2.24) is 10.2 Å². The number of nitriles is 1. The van der Waals surface area contributed by atoms with Gasteiger partial charge in [0.05, 0.1) is 31.1 Å². The van der Waals surface area contributed by atoms with Crippen LogP contribution in [-0.4, -0.2) is 47.2 Å². The van der Waals surface area contributed by atoms with Crippen LogP contribution in [0.1, 0.15) is 37.6 Å². The number of nitrogens with zero attached hydrogens (tertiary/aromatic N) is 4. The van der Waals surface area contributed by atoms with Gasteiger partial charge in [-0.1, -0.05) is 13.8 Å². The summed E-state index contributed by atoms with van der Waals surface area (Å²) in [5, 5.41) is 27.4. The molecule has 1 aromatic rings. The van der Waals surface area contributed by atoms with Gasteiger partial charge in [0.15, 0.2) is 5.82 Å². The van der Waals surface area contributed by atoms with E-state index in [1.807, 2.05) is 25.7 Å². The topological polar surface area (TPSA) is 82.3 Å². The Labute approximate surface area is 125 Å². The molecular formula is C15H22N4O2. The molecule has 1 N–H and O–H groups in total. The van der Waals surface area contributed by atoms with Crippen molar-refractivity contribution in [2.75, 3.05) is 24.7 Å². The number of aliphatic hydroxyl groups is 1. The number of rotatable bonds is 4. The fourth-order valence-corrected chi connectivity index (χ4v) is 2.70. The molecule has 6 heteroatoms. The van der Waals surface area contributed by atoms with Crippen molar-refractivity contribution in [3.63, 3.8) is 0 Å². The van der Waals surface area contributed by atoms with E-state index in [4.69, 9.17) is 4.74 Å². The Hall–Kier alpha value is -1.71. The van der Waals surface area contributed by atoms with Gasteiger partial charge in [0.2, 0.25) is 0 Å². The fourth-order valence-electron chi connectivity index (χ4n) is 2.70. The fraction of sp³-hybridized carbons (Fsp3) is 0.667. The van der Waals surface area contributed by atoms with E-state index in [0.717, 1.165) is 24.1 Å². The molecule has 2 heterocycles. The van der Waals surface area contributed by atoms with Crippen LogP contribution in [0.2, 0.25) is 0 Å². The Morgan fingerprint density at radius 3 is 2.71 bits per heavy atom. The average molecular weight is 290 g/mol. The molecule has 1 aliphatic heterocycles. The van der Waals surface area contributed by atoms with Crippen LogP contribution in [0.15, 0.2) is 0 Å². The third kappa shape index (κ3) is 2.99. The normalized spacial score (nSPS) is 22.1. The third-order valence-electron chi connectivity index (χ3n) is 3.92. The number of aliphatic hydroxyl groups excluding tert-OH is 1. The molecule has 2 rings (SSSR count). The number of hydrogen-bond acceptors (Lipinski definition) is 6. The van der Waals surface area contributed by atoms with Crippen LogP contribution < -0.4 is 4.90 Å². The van der Waals surface area contributed by atoms with E-state index in [1.54, 1.807) is 0 Å². The molecule has 1 aromatic heterocycles. The molecule has 1 saturated heterocycles. The van der Waals surface area contributed by atoms with Gasteiger partial charge < -0.3 is 14.7 Å². The van der Waals surface area contributed by atoms with Crippen molar-refractivity contribution in [3.8, 4) is 6.07 Å². The Morgan fingerprint density at radius 2 is 2.14 bits per heavy atom. The minimum Gasteiger partial charge on any atom is -0.394 e. The van der Waals surface area contributed by atoms with E-state index >= 15 is 0 Å². The van der Waals surface area contributed by atoms with Crippen LogP contribution in [0.3, 0.4) is 0 Å². The van der Waals surface area contributed by atoms with Crippen molar-refractivity contribution >= 4 is 5.82 Å². The van der Waals surface area contributed by atoms with E-state index in [-0.39, 0.29) is 18.8 Å². The molecule has 6 nitrogen and oxygen atoms in total. The van der Waals surface area contributed by atoms with Crippen molar-refractivity contribution in [2.24, 2.45) is 0 Å². The lowest BCUT2D eigenvalue weighted by molar-refractivity contribution is -0.0106. The first-order chi connectivity index (χ1) is 10.2. The molecular weight excluding hydrogens is 268 g/mol. The van der Waals surface area contributed by atoms with Crippen molar-refractivity contribution in [1.29, 1.82) is 5.26 Å². The molecule has 114 valence electrons. The Kier molecular flexibility index (Phi) is 5.10. The molecule has 0 amide bonds. The van der Waals surface area contributed by atoms with Crippen LogP contribution in [0.4, 0.5) is 5.82 Å². The number of morpholine rings is 1. The lowest BCUT2D eigenvalue weighted by Gasteiger charge is -2.38. The molecule has 0 bridgehead atoms. The quantitative estimate of drug-likeness (QED) is 0.893. The zero-order valence-corrected chi connectivity index (χ0v) is 12.8. The van der Waals surface area contributed by atoms with E-state index in [0.29, 0.717) is 24.5 Å². The molecule has 0 saturated carbocycles. The standard InChI is InChI=1S/C15H22N4O2/c1-4-12-13(6-16)15(18-17-14(12)5-2)19-7-11(8-20)21-9-10(19)3/h10-11,20H,4-5,7-9H2,1-3H3. The summed E-state index contributed by atoms with van der Waals surface area (Å²) in [6, 6.07) is 2.40. The summed E-state index contributed by atoms with van der Waals surface area (Å²) in [5.74, 6) is 0.612. The molecule has 0 aliphatic carbocycles. The highest BCUT2D eigenvalue weighted by Gasteiger charge is 2.29. The van der Waals surface area contributed by atoms with Gasteiger partial charge in [-0.3, -0.25) is 0 Å². The second-order valence-corrected chi connectivity index (χ2v) is 5.28. The minimum atomic E-state index is -0.245. The van der Waals surface area contributed by atoms with Gasteiger partial charge in [0, 0.05) is 6.54 Å². The summed E-state index contributed by atoms with van der Waals surface area (Å²) >= 11 is 0. The number of aromatic nitrogens is 2. The van der Waals surface area contributed by atoms with E-state index in [9.17, 15) is 10.4 Å². The molecule has 0 radical (unpaired) electrons. The maximum Gasteiger partial charge on any atom is 0.169 e. The number of aryl methyl sites for hydroxylation is 1. The number of anilines is 1. The second kappa shape index (κ2) is 6.83. The summed E-state index contributed by atoms with van der Waals surface area (Å²) in [7, 11) is 0. The maximum absolute atomic E-state index is 9.57. The third-order valence-corrected chi connectivity index (χ3v) is 3.92. The molecule has 0 spiro atoms. The van der Waals surface area contributed by atoms with Crippen LogP contribution in [0.5, 0.6) is 0 Å². The monoisotopic (exact) mass is 290 g/mol. The zero-order valence-electron chi connectivity index (χ0n) is 12.8. The van der Waals surface area contributed by atoms with Crippen LogP contribution in [0, 0.1) is 11.3 Å². The van der Waals surface area contributed by atoms with Crippen molar-refractivity contribution in [2.45, 2.75) is 45.8 Å².